The van der Waals surface area contributed by atoms with Crippen molar-refractivity contribution in [2.45, 2.75) is 11.2 Å². The van der Waals surface area contributed by atoms with Crippen LogP contribution in [0.3, 0.4) is 0 Å². The van der Waals surface area contributed by atoms with Gasteiger partial charge in [-0.15, -0.1) is 0 Å². The minimum atomic E-state index is -0.734. The predicted octanol–water partition coefficient (Wildman–Crippen LogP) is 3.23. The minimum absolute atomic E-state index is 0.0533. The Hall–Kier alpha value is -0.490. The monoisotopic (exact) mass is 353 g/mol. The summed E-state index contributed by atoms with van der Waals surface area (Å²) in [5.74, 6) is -1.74. The lowest BCUT2D eigenvalue weighted by molar-refractivity contribution is -0.117. The number of alkyl halides is 1. The van der Waals surface area contributed by atoms with Crippen LogP contribution >= 0.6 is 31.9 Å². The highest BCUT2D eigenvalue weighted by Crippen LogP contribution is 2.31. The normalized spacial score (nSPS) is 20.6. The molecule has 1 unspecified atom stereocenters. The van der Waals surface area contributed by atoms with Crippen LogP contribution in [0.4, 0.5) is 14.5 Å². The first-order valence-electron chi connectivity index (χ1n) is 4.58. The highest BCUT2D eigenvalue weighted by Gasteiger charge is 2.32. The minimum Gasteiger partial charge on any atom is -0.306 e. The maximum absolute atomic E-state index is 13.6. The topological polar surface area (TPSA) is 20.3 Å². The summed E-state index contributed by atoms with van der Waals surface area (Å²) in [4.78, 5) is 12.6. The van der Waals surface area contributed by atoms with E-state index in [0.29, 0.717) is 4.47 Å². The van der Waals surface area contributed by atoms with Crippen LogP contribution in [0.15, 0.2) is 16.6 Å². The molecular weight excluding hydrogens is 348 g/mol. The van der Waals surface area contributed by atoms with Crippen molar-refractivity contribution in [1.82, 2.24) is 0 Å². The number of carbonyl (C=O) groups excluding carboxylic acids is 1. The Morgan fingerprint density at radius 1 is 1.31 bits per heavy atom. The molecule has 6 heteroatoms. The zero-order valence-electron chi connectivity index (χ0n) is 8.01. The Labute approximate surface area is 108 Å². The first-order valence-corrected chi connectivity index (χ1v) is 6.29. The standard InChI is InChI=1S/C10H7Br2F2NO/c11-5-1-7(13)10(8(14)2-5)15-4-6(12)3-9(15)16/h1-2,6H,3-4H2. The van der Waals surface area contributed by atoms with E-state index < -0.39 is 11.6 Å². The first-order chi connectivity index (χ1) is 7.49. The molecule has 0 radical (unpaired) electrons. The van der Waals surface area contributed by atoms with Crippen molar-refractivity contribution in [3.8, 4) is 0 Å². The Kier molecular flexibility index (Phi) is 3.30. The number of amides is 1. The molecule has 0 aromatic heterocycles. The summed E-state index contributed by atoms with van der Waals surface area (Å²) in [6.45, 7) is 0.286. The Morgan fingerprint density at radius 3 is 2.31 bits per heavy atom. The van der Waals surface area contributed by atoms with Crippen molar-refractivity contribution >= 4 is 43.5 Å². The molecule has 0 aliphatic carbocycles. The fourth-order valence-corrected chi connectivity index (χ4v) is 2.64. The van der Waals surface area contributed by atoms with Crippen LogP contribution in [0.1, 0.15) is 6.42 Å². The van der Waals surface area contributed by atoms with Gasteiger partial charge in [0.25, 0.3) is 0 Å². The van der Waals surface area contributed by atoms with Crippen molar-refractivity contribution in [3.63, 3.8) is 0 Å². The van der Waals surface area contributed by atoms with E-state index in [1.54, 1.807) is 0 Å². The molecule has 1 aromatic carbocycles. The van der Waals surface area contributed by atoms with Crippen LogP contribution in [0.2, 0.25) is 0 Å². The summed E-state index contributed by atoms with van der Waals surface area (Å²) in [6, 6.07) is 2.29. The lowest BCUT2D eigenvalue weighted by atomic mass is 10.2. The summed E-state index contributed by atoms with van der Waals surface area (Å²) in [5.41, 5.74) is -0.268. The number of anilines is 1. The number of benzene rings is 1. The molecule has 2 rings (SSSR count). The molecule has 1 aromatic rings. The third kappa shape index (κ3) is 2.13. The van der Waals surface area contributed by atoms with Crippen molar-refractivity contribution in [1.29, 1.82) is 0 Å². The van der Waals surface area contributed by atoms with Gasteiger partial charge in [0.2, 0.25) is 5.91 Å². The largest absolute Gasteiger partial charge is 0.306 e. The smallest absolute Gasteiger partial charge is 0.228 e. The second-order valence-electron chi connectivity index (χ2n) is 3.52. The van der Waals surface area contributed by atoms with Gasteiger partial charge in [-0.3, -0.25) is 4.79 Å². The quantitative estimate of drug-likeness (QED) is 0.709. The Bertz CT molecular complexity index is 429. The van der Waals surface area contributed by atoms with Crippen LogP contribution in [0, 0.1) is 11.6 Å². The summed E-state index contributed by atoms with van der Waals surface area (Å²) in [5, 5.41) is 0. The van der Waals surface area contributed by atoms with Crippen LogP contribution in [-0.2, 0) is 4.79 Å². The van der Waals surface area contributed by atoms with Gasteiger partial charge in [-0.1, -0.05) is 31.9 Å². The molecule has 1 saturated heterocycles. The van der Waals surface area contributed by atoms with Gasteiger partial charge in [0, 0.05) is 22.3 Å². The van der Waals surface area contributed by atoms with Crippen LogP contribution in [0.25, 0.3) is 0 Å². The summed E-state index contributed by atoms with van der Waals surface area (Å²) in [7, 11) is 0. The SMILES string of the molecule is O=C1CC(Br)CN1c1c(F)cc(Br)cc1F. The number of hydrogen-bond donors (Lipinski definition) is 0. The zero-order chi connectivity index (χ0) is 11.9. The van der Waals surface area contributed by atoms with Gasteiger partial charge < -0.3 is 4.90 Å². The van der Waals surface area contributed by atoms with Gasteiger partial charge in [-0.2, -0.15) is 0 Å². The van der Waals surface area contributed by atoms with Gasteiger partial charge in [-0.25, -0.2) is 8.78 Å². The second-order valence-corrected chi connectivity index (χ2v) is 5.73. The maximum atomic E-state index is 13.6. The van der Waals surface area contributed by atoms with Gasteiger partial charge in [0.05, 0.1) is 0 Å². The van der Waals surface area contributed by atoms with E-state index in [1.807, 2.05) is 0 Å². The number of hydrogen-bond acceptors (Lipinski definition) is 1. The molecule has 1 amide bonds. The van der Waals surface area contributed by atoms with Crippen molar-refractivity contribution in [3.05, 3.63) is 28.2 Å². The predicted molar refractivity (Wildman–Crippen MR) is 63.7 cm³/mol. The second kappa shape index (κ2) is 4.41. The van der Waals surface area contributed by atoms with Crippen molar-refractivity contribution in [2.75, 3.05) is 11.4 Å². The van der Waals surface area contributed by atoms with E-state index in [2.05, 4.69) is 31.9 Å². The van der Waals surface area contributed by atoms with E-state index in [1.165, 1.54) is 0 Å². The summed E-state index contributed by atoms with van der Waals surface area (Å²) < 4.78 is 27.5. The maximum Gasteiger partial charge on any atom is 0.228 e. The molecule has 0 saturated carbocycles. The average Bonchev–Trinajstić information content (AvgIpc) is 2.43. The first kappa shape index (κ1) is 12.0. The lowest BCUT2D eigenvalue weighted by Crippen LogP contribution is -2.26. The van der Waals surface area contributed by atoms with Crippen LogP contribution < -0.4 is 4.90 Å². The zero-order valence-corrected chi connectivity index (χ0v) is 11.2. The molecule has 0 spiro atoms. The van der Waals surface area contributed by atoms with Gasteiger partial charge in [0.1, 0.15) is 5.69 Å². The van der Waals surface area contributed by atoms with Crippen LogP contribution in [-0.4, -0.2) is 17.3 Å². The Balaban J connectivity index is 2.44. The molecule has 1 aliphatic heterocycles. The Morgan fingerprint density at radius 2 is 1.88 bits per heavy atom. The molecule has 16 heavy (non-hydrogen) atoms. The average molecular weight is 355 g/mol. The van der Waals surface area contributed by atoms with Gasteiger partial charge >= 0.3 is 0 Å². The van der Waals surface area contributed by atoms with Crippen LogP contribution in [0.5, 0.6) is 0 Å². The summed E-state index contributed by atoms with van der Waals surface area (Å²) >= 11 is 6.25. The third-order valence-corrected chi connectivity index (χ3v) is 3.40. The van der Waals surface area contributed by atoms with Crippen molar-refractivity contribution < 1.29 is 13.6 Å². The molecule has 2 nitrogen and oxygen atoms in total. The molecular formula is C10H7Br2F2NO. The number of carbonyl (C=O) groups is 1. The molecule has 1 aliphatic rings. The fourth-order valence-electron chi connectivity index (χ4n) is 1.67. The highest BCUT2D eigenvalue weighted by molar-refractivity contribution is 9.10. The number of rotatable bonds is 1. The molecule has 0 N–H and O–H groups in total. The highest BCUT2D eigenvalue weighted by atomic mass is 79.9. The molecule has 0 bridgehead atoms. The third-order valence-electron chi connectivity index (χ3n) is 2.33. The van der Waals surface area contributed by atoms with E-state index in [9.17, 15) is 13.6 Å². The van der Waals surface area contributed by atoms with Crippen molar-refractivity contribution in [2.24, 2.45) is 0 Å². The lowest BCUT2D eigenvalue weighted by Gasteiger charge is -2.17. The number of halogens is 4. The summed E-state index contributed by atoms with van der Waals surface area (Å²) in [6.07, 6.45) is 0.259. The van der Waals surface area contributed by atoms with E-state index in [-0.39, 0.29) is 29.4 Å². The number of nitrogens with zero attached hydrogens (tertiary/aromatic N) is 1. The van der Waals surface area contributed by atoms with Gasteiger partial charge in [-0.05, 0) is 12.1 Å². The van der Waals surface area contributed by atoms with E-state index >= 15 is 0 Å². The molecule has 86 valence electrons. The molecule has 1 heterocycles. The van der Waals surface area contributed by atoms with E-state index in [0.717, 1.165) is 17.0 Å². The fraction of sp³-hybridized carbons (Fsp3) is 0.300. The van der Waals surface area contributed by atoms with E-state index in [4.69, 9.17) is 0 Å². The molecule has 1 atom stereocenters. The van der Waals surface area contributed by atoms with Gasteiger partial charge in [0.15, 0.2) is 11.6 Å². The molecule has 1 fully saturated rings.